The van der Waals surface area contributed by atoms with Crippen LogP contribution in [0.5, 0.6) is 5.75 Å². The summed E-state index contributed by atoms with van der Waals surface area (Å²) in [6.45, 7) is 11.9. The van der Waals surface area contributed by atoms with Crippen LogP contribution in [0, 0.1) is 11.7 Å². The monoisotopic (exact) mass is 540 g/mol. The van der Waals surface area contributed by atoms with Crippen molar-refractivity contribution < 1.29 is 18.7 Å². The first-order chi connectivity index (χ1) is 18.9. The molecule has 1 saturated carbocycles. The average Bonchev–Trinajstić information content (AvgIpc) is 3.44. The van der Waals surface area contributed by atoms with Crippen LogP contribution in [-0.4, -0.2) is 45.5 Å². The number of benzene rings is 2. The second kappa shape index (κ2) is 18.1. The van der Waals surface area contributed by atoms with Crippen molar-refractivity contribution >= 4 is 34.9 Å². The Labute approximate surface area is 233 Å². The maximum absolute atomic E-state index is 15.0. The Morgan fingerprint density at radius 1 is 1.10 bits per heavy atom. The second-order valence-electron chi connectivity index (χ2n) is 9.53. The maximum atomic E-state index is 15.0. The molecule has 0 bridgehead atoms. The first-order valence-electron chi connectivity index (χ1n) is 13.9. The van der Waals surface area contributed by atoms with Gasteiger partial charge in [-0.2, -0.15) is 0 Å². The van der Waals surface area contributed by atoms with Crippen molar-refractivity contribution in [3.05, 3.63) is 54.4 Å². The molecule has 1 aliphatic carbocycles. The third kappa shape index (κ3) is 11.6. The number of carbonyl (C=O) groups excluding carboxylic acids is 1. The molecule has 1 amide bonds. The summed E-state index contributed by atoms with van der Waals surface area (Å²) >= 11 is 0. The molecule has 0 spiro atoms. The Morgan fingerprint density at radius 3 is 2.33 bits per heavy atom. The molecule has 1 aliphatic rings. The lowest BCUT2D eigenvalue weighted by Crippen LogP contribution is -2.20. The van der Waals surface area contributed by atoms with Crippen LogP contribution in [0.4, 0.5) is 21.5 Å². The number of hydrogen-bond acceptors (Lipinski definition) is 6. The van der Waals surface area contributed by atoms with Crippen LogP contribution in [0.1, 0.15) is 64.9 Å². The van der Waals surface area contributed by atoms with E-state index in [0.29, 0.717) is 54.2 Å². The van der Waals surface area contributed by atoms with E-state index < -0.39 is 5.82 Å². The molecule has 0 aliphatic heterocycles. The molecule has 0 aromatic heterocycles. The largest absolute Gasteiger partial charge is 0.492 e. The number of ether oxygens (including phenoxy) is 2. The summed E-state index contributed by atoms with van der Waals surface area (Å²) in [6, 6.07) is 10.1. The van der Waals surface area contributed by atoms with E-state index in [1.54, 1.807) is 43.5 Å². The quantitative estimate of drug-likeness (QED) is 0.175. The third-order valence-corrected chi connectivity index (χ3v) is 6.26. The molecule has 0 saturated heterocycles. The van der Waals surface area contributed by atoms with Crippen molar-refractivity contribution in [3.8, 4) is 5.75 Å². The third-order valence-electron chi connectivity index (χ3n) is 6.26. The fourth-order valence-corrected chi connectivity index (χ4v) is 4.03. The highest BCUT2D eigenvalue weighted by atomic mass is 19.1. The first-order valence-corrected chi connectivity index (χ1v) is 13.9. The number of anilines is 2. The van der Waals surface area contributed by atoms with Gasteiger partial charge in [0.1, 0.15) is 24.8 Å². The minimum atomic E-state index is -0.480. The number of hydrogen-bond donors (Lipinski definition) is 3. The van der Waals surface area contributed by atoms with Gasteiger partial charge in [-0.25, -0.2) is 4.39 Å². The average molecular weight is 541 g/mol. The smallest absolute Gasteiger partial charge is 0.250 e. The molecule has 0 unspecified atom stereocenters. The van der Waals surface area contributed by atoms with Crippen LogP contribution >= 0.6 is 0 Å². The van der Waals surface area contributed by atoms with E-state index in [1.807, 2.05) is 7.05 Å². The van der Waals surface area contributed by atoms with Crippen LogP contribution in [-0.2, 0) is 9.53 Å². The molecular weight excluding hydrogens is 495 g/mol. The fraction of sp³-hybridized carbons (Fsp3) is 0.484. The van der Waals surface area contributed by atoms with E-state index in [9.17, 15) is 9.18 Å². The van der Waals surface area contributed by atoms with Crippen LogP contribution < -0.4 is 20.7 Å². The van der Waals surface area contributed by atoms with Gasteiger partial charge in [-0.15, -0.1) is 0 Å². The predicted molar refractivity (Wildman–Crippen MR) is 161 cm³/mol. The van der Waals surface area contributed by atoms with Gasteiger partial charge < -0.3 is 25.4 Å². The van der Waals surface area contributed by atoms with Gasteiger partial charge in [-0.3, -0.25) is 9.79 Å². The molecule has 0 heterocycles. The van der Waals surface area contributed by atoms with Crippen molar-refractivity contribution in [2.45, 2.75) is 59.3 Å². The van der Waals surface area contributed by atoms with Crippen molar-refractivity contribution in [2.75, 3.05) is 44.0 Å². The lowest BCUT2D eigenvalue weighted by atomic mass is 10.1. The highest BCUT2D eigenvalue weighted by Crippen LogP contribution is 2.33. The zero-order valence-corrected chi connectivity index (χ0v) is 23.9. The number of aliphatic imine (C=N–C) groups is 1. The topological polar surface area (TPSA) is 84.0 Å². The van der Waals surface area contributed by atoms with E-state index in [2.05, 4.69) is 41.4 Å². The highest BCUT2D eigenvalue weighted by molar-refractivity contribution is 5.92. The summed E-state index contributed by atoms with van der Waals surface area (Å²) in [4.78, 5) is 16.4. The molecule has 7 nitrogen and oxygen atoms in total. The number of amides is 1. The van der Waals surface area contributed by atoms with Crippen LogP contribution in [0.3, 0.4) is 0 Å². The number of halogens is 1. The summed E-state index contributed by atoms with van der Waals surface area (Å²) < 4.78 is 26.1. The minimum absolute atomic E-state index is 0.0436. The van der Waals surface area contributed by atoms with E-state index in [-0.39, 0.29) is 18.1 Å². The Balaban J connectivity index is 0.00000124. The summed E-state index contributed by atoms with van der Waals surface area (Å²) in [6.07, 6.45) is 9.11. The van der Waals surface area contributed by atoms with Gasteiger partial charge in [0.05, 0.1) is 17.9 Å². The molecular formula is C31H45FN4O3. The summed E-state index contributed by atoms with van der Waals surface area (Å²) in [5.74, 6) is 0.319. The summed E-state index contributed by atoms with van der Waals surface area (Å²) in [5.41, 5.74) is 2.40. The fourth-order valence-electron chi connectivity index (χ4n) is 4.03. The number of nitrogens with one attached hydrogen (secondary N) is 3. The van der Waals surface area contributed by atoms with E-state index >= 15 is 0 Å². The zero-order valence-electron chi connectivity index (χ0n) is 23.9. The molecule has 2 aromatic rings. The lowest BCUT2D eigenvalue weighted by molar-refractivity contribution is -0.121. The Kier molecular flexibility index (Phi) is 14.9. The molecule has 3 rings (SSSR count). The number of unbranched alkanes of at least 4 members (excludes halogenated alkanes) is 1. The van der Waals surface area contributed by atoms with Crippen LogP contribution in [0.15, 0.2) is 48.0 Å². The van der Waals surface area contributed by atoms with Crippen LogP contribution in [0.2, 0.25) is 0 Å². The van der Waals surface area contributed by atoms with Crippen molar-refractivity contribution in [3.63, 3.8) is 0 Å². The SMILES string of the molecule is C=C(Nc1ccc(NC(=O)COCC2CCCC2)cc1)c1c(F)cc(OCCNC)cc1N=CC.CCCC. The lowest BCUT2D eigenvalue weighted by Gasteiger charge is -2.15. The Hall–Kier alpha value is -3.23. The molecule has 0 radical (unpaired) electrons. The molecule has 3 N–H and O–H groups in total. The number of likely N-dealkylation sites (N-methyl/N-ethyl adjacent to an activating group) is 1. The highest BCUT2D eigenvalue weighted by Gasteiger charge is 2.16. The second-order valence-corrected chi connectivity index (χ2v) is 9.53. The van der Waals surface area contributed by atoms with Gasteiger partial charge in [-0.05, 0) is 57.0 Å². The van der Waals surface area contributed by atoms with Crippen molar-refractivity contribution in [1.82, 2.24) is 5.32 Å². The summed E-state index contributed by atoms with van der Waals surface area (Å²) in [5, 5.41) is 8.93. The first kappa shape index (κ1) is 32.0. The number of nitrogens with zero attached hydrogens (tertiary/aromatic N) is 1. The Morgan fingerprint density at radius 2 is 1.74 bits per heavy atom. The molecule has 0 atom stereocenters. The molecule has 39 heavy (non-hydrogen) atoms. The Bertz CT molecular complexity index is 1050. The normalized spacial score (nSPS) is 13.2. The van der Waals surface area contributed by atoms with Gasteiger partial charge >= 0.3 is 0 Å². The van der Waals surface area contributed by atoms with Gasteiger partial charge in [0.25, 0.3) is 0 Å². The standard InChI is InChI=1S/C27H35FN4O3.C4H10/c1-4-30-25-16-23(35-14-13-29-3)15-24(28)27(25)19(2)31-21-9-11-22(12-10-21)32-26(33)18-34-17-20-7-5-6-8-20;1-3-4-2/h4,9-12,15-16,20,29,31H,2,5-8,13-14,17-18H2,1,3H3,(H,32,33);3-4H2,1-2H3. The zero-order chi connectivity index (χ0) is 28.5. The van der Waals surface area contributed by atoms with Gasteiger partial charge in [-0.1, -0.05) is 46.1 Å². The minimum Gasteiger partial charge on any atom is -0.492 e. The molecule has 2 aromatic carbocycles. The molecule has 8 heteroatoms. The van der Waals surface area contributed by atoms with Crippen molar-refractivity contribution in [1.29, 1.82) is 0 Å². The van der Waals surface area contributed by atoms with Crippen LogP contribution in [0.25, 0.3) is 5.70 Å². The van der Waals surface area contributed by atoms with Gasteiger partial charge in [0.15, 0.2) is 0 Å². The molecule has 214 valence electrons. The van der Waals surface area contributed by atoms with Gasteiger partial charge in [0, 0.05) is 42.0 Å². The predicted octanol–water partition coefficient (Wildman–Crippen LogP) is 7.18. The number of rotatable bonds is 14. The molecule has 1 fully saturated rings. The van der Waals surface area contributed by atoms with E-state index in [0.717, 1.165) is 0 Å². The summed E-state index contributed by atoms with van der Waals surface area (Å²) in [7, 11) is 1.82. The van der Waals surface area contributed by atoms with E-state index in [4.69, 9.17) is 9.47 Å². The van der Waals surface area contributed by atoms with Crippen molar-refractivity contribution in [2.24, 2.45) is 10.9 Å². The maximum Gasteiger partial charge on any atom is 0.250 e. The van der Waals surface area contributed by atoms with Gasteiger partial charge in [0.2, 0.25) is 5.91 Å². The number of carbonyl (C=O) groups is 1. The van der Waals surface area contributed by atoms with E-state index in [1.165, 1.54) is 44.6 Å².